The van der Waals surface area contributed by atoms with Crippen LogP contribution in [0.1, 0.15) is 6.92 Å². The standard InChI is InChI=1S/C2H4O2.Ir.O/c1-2(3)4;;/h1H3,(H,3,4);;. The summed E-state index contributed by atoms with van der Waals surface area (Å²) in [5.74, 6) is -0.833. The quantitative estimate of drug-likeness (QED) is 0.671. The summed E-state index contributed by atoms with van der Waals surface area (Å²) in [7, 11) is 0. The van der Waals surface area contributed by atoms with E-state index in [0.717, 1.165) is 25.8 Å². The van der Waals surface area contributed by atoms with Crippen molar-refractivity contribution in [3.8, 4) is 0 Å². The van der Waals surface area contributed by atoms with Crippen LogP contribution in [0.5, 0.6) is 0 Å². The molecule has 0 aliphatic heterocycles. The Hall–Kier alpha value is -0.0806. The average molecular weight is 268 g/mol. The number of carbonyl (C=O) groups is 1. The number of carboxylic acids is 1. The predicted octanol–water partition coefficient (Wildman–Crippen LogP) is -0.0304. The fourth-order valence-corrected chi connectivity index (χ4v) is 0. The molecule has 0 aromatic heterocycles. The van der Waals surface area contributed by atoms with Gasteiger partial charge in [-0.25, -0.2) is 0 Å². The van der Waals surface area contributed by atoms with Crippen LogP contribution in [0.15, 0.2) is 0 Å². The summed E-state index contributed by atoms with van der Waals surface area (Å²) < 4.78 is 8.25. The maximum atomic E-state index is 9.00. The third-order valence-corrected chi connectivity index (χ3v) is 0. The number of hydrogen-bond acceptors (Lipinski definition) is 2. The molecule has 0 spiro atoms. The van der Waals surface area contributed by atoms with Crippen molar-refractivity contribution < 1.29 is 32.3 Å². The Morgan fingerprint density at radius 1 is 1.67 bits per heavy atom. The summed E-state index contributed by atoms with van der Waals surface area (Å²) in [6.07, 6.45) is 0. The zero-order chi connectivity index (χ0) is 5.58. The topological polar surface area (TPSA) is 54.4 Å². The molecule has 4 heteroatoms. The Morgan fingerprint density at radius 2 is 1.67 bits per heavy atom. The van der Waals surface area contributed by atoms with Crippen molar-refractivity contribution in [1.82, 2.24) is 0 Å². The van der Waals surface area contributed by atoms with Gasteiger partial charge in [0.05, 0.1) is 0 Å². The van der Waals surface area contributed by atoms with E-state index < -0.39 is 5.97 Å². The zero-order valence-electron chi connectivity index (χ0n) is 3.10. The summed E-state index contributed by atoms with van der Waals surface area (Å²) in [6.45, 7) is 1.08. The molecule has 0 aromatic carbocycles. The van der Waals surface area contributed by atoms with Crippen LogP contribution in [0.25, 0.3) is 0 Å². The van der Waals surface area contributed by atoms with Crippen molar-refractivity contribution in [1.29, 1.82) is 0 Å². The van der Waals surface area contributed by atoms with Crippen LogP contribution in [0.2, 0.25) is 0 Å². The number of rotatable bonds is 0. The van der Waals surface area contributed by atoms with E-state index in [9.17, 15) is 0 Å². The monoisotopic (exact) mass is 269 g/mol. The van der Waals surface area contributed by atoms with E-state index >= 15 is 0 Å². The van der Waals surface area contributed by atoms with Crippen LogP contribution in [-0.2, 0) is 27.2 Å². The first-order valence-electron chi connectivity index (χ1n) is 1.06. The molecule has 0 saturated carbocycles. The van der Waals surface area contributed by atoms with E-state index in [1.165, 1.54) is 0 Å². The van der Waals surface area contributed by atoms with Crippen LogP contribution < -0.4 is 0 Å². The maximum absolute atomic E-state index is 9.00. The van der Waals surface area contributed by atoms with Gasteiger partial charge < -0.3 is 5.11 Å². The second-order valence-electron chi connectivity index (χ2n) is 0.519. The van der Waals surface area contributed by atoms with Gasteiger partial charge in [-0.3, -0.25) is 4.79 Å². The molecule has 6 heavy (non-hydrogen) atoms. The molecular weight excluding hydrogens is 264 g/mol. The molecule has 0 bridgehead atoms. The van der Waals surface area contributed by atoms with Gasteiger partial charge in [-0.05, 0) is 0 Å². The zero-order valence-corrected chi connectivity index (χ0v) is 5.49. The second kappa shape index (κ2) is 8.87. The SMILES string of the molecule is CC(=O)O.[O]=[Ir]. The van der Waals surface area contributed by atoms with E-state index in [0.29, 0.717) is 0 Å². The van der Waals surface area contributed by atoms with E-state index in [1.807, 2.05) is 0 Å². The summed E-state index contributed by atoms with van der Waals surface area (Å²) in [6, 6.07) is 0. The molecule has 0 saturated heterocycles. The van der Waals surface area contributed by atoms with E-state index in [2.05, 4.69) is 0 Å². The molecule has 0 aliphatic rings. The molecule has 0 amide bonds. The second-order valence-corrected chi connectivity index (χ2v) is 0.519. The molecular formula is C2H4IrO3. The third-order valence-electron chi connectivity index (χ3n) is 0. The van der Waals surface area contributed by atoms with Gasteiger partial charge in [0.25, 0.3) is 5.97 Å². The molecule has 0 fully saturated rings. The Bertz CT molecular complexity index is 40.1. The molecule has 0 atom stereocenters. The van der Waals surface area contributed by atoms with Crippen LogP contribution in [0.3, 0.4) is 0 Å². The first-order valence-corrected chi connectivity index (χ1v) is 2.04. The molecule has 0 heterocycles. The Morgan fingerprint density at radius 3 is 1.67 bits per heavy atom. The van der Waals surface area contributed by atoms with E-state index in [4.69, 9.17) is 13.4 Å². The summed E-state index contributed by atoms with van der Waals surface area (Å²) in [4.78, 5) is 9.00. The van der Waals surface area contributed by atoms with Gasteiger partial charge in [-0.15, -0.1) is 0 Å². The number of aliphatic carboxylic acids is 1. The molecule has 0 rings (SSSR count). The molecule has 3 nitrogen and oxygen atoms in total. The predicted molar refractivity (Wildman–Crippen MR) is 14.0 cm³/mol. The van der Waals surface area contributed by atoms with Crippen molar-refractivity contribution in [3.63, 3.8) is 0 Å². The van der Waals surface area contributed by atoms with Crippen LogP contribution >= 0.6 is 0 Å². The summed E-state index contributed by atoms with van der Waals surface area (Å²) in [5, 5.41) is 7.42. The third kappa shape index (κ3) is 5140. The minimum absolute atomic E-state index is 0.750. The van der Waals surface area contributed by atoms with Gasteiger partial charge in [0, 0.05) is 6.92 Å². The first kappa shape index (κ1) is 9.33. The van der Waals surface area contributed by atoms with Crippen LogP contribution in [0, 0.1) is 0 Å². The molecule has 0 aliphatic carbocycles. The van der Waals surface area contributed by atoms with Gasteiger partial charge in [-0.1, -0.05) is 0 Å². The van der Waals surface area contributed by atoms with Crippen LogP contribution in [0.4, 0.5) is 0 Å². The van der Waals surface area contributed by atoms with Gasteiger partial charge >= 0.3 is 22.4 Å². The van der Waals surface area contributed by atoms with Gasteiger partial charge in [-0.2, -0.15) is 0 Å². The molecule has 0 unspecified atom stereocenters. The van der Waals surface area contributed by atoms with Gasteiger partial charge in [0.1, 0.15) is 0 Å². The molecule has 39 valence electrons. The summed E-state index contributed by atoms with van der Waals surface area (Å²) >= 11 is 0.750. The fourth-order valence-electron chi connectivity index (χ4n) is 0. The average Bonchev–Trinajstić information content (AvgIpc) is 1.41. The van der Waals surface area contributed by atoms with Crippen LogP contribution in [-0.4, -0.2) is 11.1 Å². The van der Waals surface area contributed by atoms with Crippen molar-refractivity contribution in [3.05, 3.63) is 0 Å². The normalized spacial score (nSPS) is 5.00. The van der Waals surface area contributed by atoms with Crippen molar-refractivity contribution >= 4 is 5.97 Å². The van der Waals surface area contributed by atoms with Crippen molar-refractivity contribution in [2.75, 3.05) is 0 Å². The fraction of sp³-hybridized carbons (Fsp3) is 0.500. The van der Waals surface area contributed by atoms with Crippen molar-refractivity contribution in [2.24, 2.45) is 0 Å². The number of carboxylic acid groups (broad SMARTS) is 1. The Kier molecular flexibility index (Phi) is 13.8. The summed E-state index contributed by atoms with van der Waals surface area (Å²) in [5.41, 5.74) is 0. The Balaban J connectivity index is 0. The molecule has 0 radical (unpaired) electrons. The minimum atomic E-state index is -0.833. The van der Waals surface area contributed by atoms with Crippen molar-refractivity contribution in [2.45, 2.75) is 6.92 Å². The van der Waals surface area contributed by atoms with E-state index in [1.54, 1.807) is 0 Å². The van der Waals surface area contributed by atoms with E-state index in [-0.39, 0.29) is 0 Å². The van der Waals surface area contributed by atoms with Gasteiger partial charge in [0.15, 0.2) is 0 Å². The first-order chi connectivity index (χ1) is 2.73. The molecule has 1 N–H and O–H groups in total. The molecule has 0 aromatic rings. The Labute approximate surface area is 45.8 Å². The van der Waals surface area contributed by atoms with Gasteiger partial charge in [0.2, 0.25) is 0 Å². The number of hydrogen-bond donors (Lipinski definition) is 1.